The predicted octanol–water partition coefficient (Wildman–Crippen LogP) is 9.78. The van der Waals surface area contributed by atoms with E-state index in [4.69, 9.17) is 4.98 Å². The molecule has 0 amide bonds. The van der Waals surface area contributed by atoms with Crippen molar-refractivity contribution < 1.29 is 0 Å². The number of pyridine rings is 3. The molecule has 47 heavy (non-hydrogen) atoms. The van der Waals surface area contributed by atoms with Gasteiger partial charge >= 0.3 is 0 Å². The minimum absolute atomic E-state index is 0.920. The molecule has 6 nitrogen and oxygen atoms in total. The summed E-state index contributed by atoms with van der Waals surface area (Å²) in [5, 5.41) is 8.17. The topological polar surface area (TPSA) is 52.9 Å². The normalized spacial score (nSPS) is 12.3. The van der Waals surface area contributed by atoms with Gasteiger partial charge in [0.1, 0.15) is 5.65 Å². The molecule has 5 aromatic carbocycles. The van der Waals surface area contributed by atoms with E-state index in [-0.39, 0.29) is 0 Å². The Morgan fingerprint density at radius 3 is 1.89 bits per heavy atom. The lowest BCUT2D eigenvalue weighted by Gasteiger charge is -2.12. The van der Waals surface area contributed by atoms with Crippen LogP contribution >= 0.6 is 0 Å². The molecule has 6 heterocycles. The molecule has 0 aliphatic carbocycles. The van der Waals surface area contributed by atoms with E-state index in [0.29, 0.717) is 0 Å². The third kappa shape index (κ3) is 3.16. The van der Waals surface area contributed by atoms with E-state index < -0.39 is 0 Å². The van der Waals surface area contributed by atoms with Crippen LogP contribution in [0.1, 0.15) is 0 Å². The third-order valence-corrected chi connectivity index (χ3v) is 9.76. The molecule has 0 unspecified atom stereocenters. The summed E-state index contributed by atoms with van der Waals surface area (Å²) in [5.74, 6) is 0. The van der Waals surface area contributed by atoms with Gasteiger partial charge in [0.05, 0.1) is 44.8 Å². The minimum Gasteiger partial charge on any atom is -0.307 e. The first-order chi connectivity index (χ1) is 23.4. The average molecular weight is 601 g/mol. The van der Waals surface area contributed by atoms with Gasteiger partial charge in [-0.05, 0) is 54.6 Å². The molecule has 0 aliphatic rings. The second kappa shape index (κ2) is 9.02. The molecule has 0 saturated carbocycles. The van der Waals surface area contributed by atoms with Gasteiger partial charge in [0.15, 0.2) is 0 Å². The molecule has 0 N–H and O–H groups in total. The maximum Gasteiger partial charge on any atom is 0.146 e. The molecule has 6 heteroatoms. The Labute approximate surface area is 267 Å². The zero-order valence-corrected chi connectivity index (χ0v) is 25.0. The van der Waals surface area contributed by atoms with Crippen molar-refractivity contribution in [1.29, 1.82) is 0 Å². The van der Waals surface area contributed by atoms with Crippen LogP contribution in [-0.2, 0) is 0 Å². The van der Waals surface area contributed by atoms with Gasteiger partial charge in [0, 0.05) is 67.7 Å². The number of aromatic nitrogens is 6. The van der Waals surface area contributed by atoms with Crippen molar-refractivity contribution in [2.45, 2.75) is 0 Å². The van der Waals surface area contributed by atoms with Crippen LogP contribution in [0.2, 0.25) is 0 Å². The van der Waals surface area contributed by atoms with E-state index >= 15 is 0 Å². The summed E-state index contributed by atoms with van der Waals surface area (Å²) in [4.78, 5) is 14.3. The Morgan fingerprint density at radius 2 is 1.06 bits per heavy atom. The molecule has 0 atom stereocenters. The van der Waals surface area contributed by atoms with Gasteiger partial charge < -0.3 is 9.13 Å². The summed E-state index contributed by atoms with van der Waals surface area (Å²) in [7, 11) is 0. The summed E-state index contributed by atoms with van der Waals surface area (Å²) in [6.07, 6.45) is 7.58. The summed E-state index contributed by atoms with van der Waals surface area (Å²) in [5.41, 5.74) is 10.8. The standard InChI is InChI=1S/C41H24N6/c1-3-9-25(10-4-1)45-33-14-8-7-13-27(33)28-15-16-29-38-35(46(40(29)39(28)45)26-11-5-2-6-12-26)18-17-30-37(38)31-23-42-22-20-34(31)47-36-24-43-21-19-32(36)44-41(30)47/h1-24H. The van der Waals surface area contributed by atoms with Crippen molar-refractivity contribution in [1.82, 2.24) is 28.5 Å². The summed E-state index contributed by atoms with van der Waals surface area (Å²) in [6.45, 7) is 0. The molecule has 0 saturated heterocycles. The van der Waals surface area contributed by atoms with Crippen molar-refractivity contribution in [3.8, 4) is 11.4 Å². The van der Waals surface area contributed by atoms with Gasteiger partial charge in [-0.3, -0.25) is 14.4 Å². The molecular formula is C41H24N6. The lowest BCUT2D eigenvalue weighted by Crippen LogP contribution is -1.98. The van der Waals surface area contributed by atoms with Crippen LogP contribution in [0.3, 0.4) is 0 Å². The fourth-order valence-electron chi connectivity index (χ4n) is 7.92. The van der Waals surface area contributed by atoms with Crippen LogP contribution in [-0.4, -0.2) is 28.5 Å². The van der Waals surface area contributed by atoms with Crippen molar-refractivity contribution in [3.63, 3.8) is 0 Å². The second-order valence-corrected chi connectivity index (χ2v) is 12.1. The monoisotopic (exact) mass is 600 g/mol. The highest BCUT2D eigenvalue weighted by Crippen LogP contribution is 2.45. The first-order valence-electron chi connectivity index (χ1n) is 15.8. The van der Waals surface area contributed by atoms with E-state index in [1.54, 1.807) is 0 Å². The average Bonchev–Trinajstić information content (AvgIpc) is 3.80. The molecular weight excluding hydrogens is 576 g/mol. The highest BCUT2D eigenvalue weighted by atomic mass is 15.1. The zero-order chi connectivity index (χ0) is 30.6. The maximum atomic E-state index is 5.17. The van der Waals surface area contributed by atoms with Gasteiger partial charge in [-0.1, -0.05) is 66.7 Å². The van der Waals surface area contributed by atoms with Crippen LogP contribution in [0.4, 0.5) is 0 Å². The number of imidazole rings is 1. The molecule has 0 fully saturated rings. The number of nitrogens with zero attached hydrogens (tertiary/aromatic N) is 6. The molecule has 0 aliphatic heterocycles. The van der Waals surface area contributed by atoms with Gasteiger partial charge in [0.2, 0.25) is 0 Å². The quantitative estimate of drug-likeness (QED) is 0.186. The smallest absolute Gasteiger partial charge is 0.146 e. The molecule has 218 valence electrons. The van der Waals surface area contributed by atoms with Gasteiger partial charge in [0.25, 0.3) is 0 Å². The Kier molecular flexibility index (Phi) is 4.75. The Hall–Kier alpha value is -6.53. The van der Waals surface area contributed by atoms with Crippen LogP contribution < -0.4 is 0 Å². The van der Waals surface area contributed by atoms with Crippen molar-refractivity contribution in [2.75, 3.05) is 0 Å². The number of hydrogen-bond donors (Lipinski definition) is 0. The van der Waals surface area contributed by atoms with Gasteiger partial charge in [-0.25, -0.2) is 4.98 Å². The summed E-state index contributed by atoms with van der Waals surface area (Å²) < 4.78 is 7.11. The fourth-order valence-corrected chi connectivity index (χ4v) is 7.92. The third-order valence-electron chi connectivity index (χ3n) is 9.76. The largest absolute Gasteiger partial charge is 0.307 e. The van der Waals surface area contributed by atoms with E-state index in [1.165, 1.54) is 38.1 Å². The van der Waals surface area contributed by atoms with Crippen LogP contribution in [0, 0.1) is 0 Å². The van der Waals surface area contributed by atoms with Crippen LogP contribution in [0.15, 0.2) is 146 Å². The molecule has 0 radical (unpaired) electrons. The fraction of sp³-hybridized carbons (Fsp3) is 0. The second-order valence-electron chi connectivity index (χ2n) is 12.1. The molecule has 6 aromatic heterocycles. The maximum absolute atomic E-state index is 5.17. The summed E-state index contributed by atoms with van der Waals surface area (Å²) in [6, 6.07) is 43.4. The molecule has 11 aromatic rings. The minimum atomic E-state index is 0.920. The van der Waals surface area contributed by atoms with Crippen LogP contribution in [0.25, 0.3) is 93.3 Å². The molecule has 0 bridgehead atoms. The molecule has 0 spiro atoms. The number of hydrogen-bond acceptors (Lipinski definition) is 3. The number of para-hydroxylation sites is 3. The Balaban J connectivity index is 1.45. The zero-order valence-electron chi connectivity index (χ0n) is 25.0. The number of fused-ring (bicyclic) bond motifs is 16. The number of benzene rings is 5. The van der Waals surface area contributed by atoms with Gasteiger partial charge in [-0.15, -0.1) is 0 Å². The highest BCUT2D eigenvalue weighted by Gasteiger charge is 2.24. The lowest BCUT2D eigenvalue weighted by atomic mass is 10.0. The van der Waals surface area contributed by atoms with Crippen LogP contribution in [0.5, 0.6) is 0 Å². The van der Waals surface area contributed by atoms with Crippen molar-refractivity contribution in [2.24, 2.45) is 0 Å². The predicted molar refractivity (Wildman–Crippen MR) is 192 cm³/mol. The van der Waals surface area contributed by atoms with Gasteiger partial charge in [-0.2, -0.15) is 0 Å². The Bertz CT molecular complexity index is 3060. The lowest BCUT2D eigenvalue weighted by molar-refractivity contribution is 1.15. The first kappa shape index (κ1) is 24.8. The molecule has 11 rings (SSSR count). The summed E-state index contributed by atoms with van der Waals surface area (Å²) >= 11 is 0. The highest BCUT2D eigenvalue weighted by molar-refractivity contribution is 6.33. The van der Waals surface area contributed by atoms with Crippen molar-refractivity contribution >= 4 is 82.0 Å². The van der Waals surface area contributed by atoms with E-state index in [0.717, 1.165) is 55.2 Å². The Morgan fingerprint density at radius 1 is 0.404 bits per heavy atom. The van der Waals surface area contributed by atoms with E-state index in [2.05, 4.69) is 139 Å². The van der Waals surface area contributed by atoms with E-state index in [1.807, 2.05) is 30.9 Å². The SMILES string of the molecule is c1ccc(-n2c3ccccc3c3ccc4c5c6c7cnccc7n7c8cnccc8nc7c6ccc5n(-c5ccccc5)c4c32)cc1. The van der Waals surface area contributed by atoms with Crippen molar-refractivity contribution in [3.05, 3.63) is 146 Å². The number of rotatable bonds is 2. The van der Waals surface area contributed by atoms with E-state index in [9.17, 15) is 0 Å². The first-order valence-corrected chi connectivity index (χ1v) is 15.8.